The van der Waals surface area contributed by atoms with E-state index in [1.54, 1.807) is 12.3 Å². The molecule has 1 N–H and O–H groups in total. The molecule has 0 aliphatic rings. The number of nitrogens with one attached hydrogen (secondary N) is 1. The van der Waals surface area contributed by atoms with Gasteiger partial charge in [0.05, 0.1) is 16.6 Å². The van der Waals surface area contributed by atoms with Crippen LogP contribution >= 0.6 is 0 Å². The zero-order valence-corrected chi connectivity index (χ0v) is 18.5. The van der Waals surface area contributed by atoms with Gasteiger partial charge in [-0.3, -0.25) is 14.6 Å². The Morgan fingerprint density at radius 2 is 1.69 bits per heavy atom. The molecule has 0 fully saturated rings. The van der Waals surface area contributed by atoms with E-state index < -0.39 is 34.8 Å². The summed E-state index contributed by atoms with van der Waals surface area (Å²) >= 11 is 0. The molecule has 0 spiro atoms. The summed E-state index contributed by atoms with van der Waals surface area (Å²) in [5.74, 6) is -3.02. The number of amides is 1. The molecule has 4 rings (SSSR count). The quantitative estimate of drug-likeness (QED) is 0.197. The Morgan fingerprint density at radius 1 is 0.943 bits per heavy atom. The SMILES string of the molecule is Cc1cc2nccc(Oc3ccc(C(=O)C(=O)Nc4cccc(C(F)(F)F)c4)c(F)c3)c2cc1C. The van der Waals surface area contributed by atoms with Crippen LogP contribution in [-0.4, -0.2) is 16.7 Å². The first kappa shape index (κ1) is 23.9. The topological polar surface area (TPSA) is 68.3 Å². The average Bonchev–Trinajstić information content (AvgIpc) is 2.80. The Morgan fingerprint density at radius 3 is 2.40 bits per heavy atom. The molecule has 1 heterocycles. The standard InChI is InChI=1S/C26H18F4N2O3/c1-14-10-20-22(11-15(14)2)31-9-8-23(20)35-18-6-7-19(21(27)13-18)24(33)25(34)32-17-5-3-4-16(12-17)26(28,29)30/h3-13H,1-2H3,(H,32,34). The zero-order valence-electron chi connectivity index (χ0n) is 18.5. The molecule has 9 heteroatoms. The molecule has 4 aromatic rings. The first-order valence-corrected chi connectivity index (χ1v) is 10.4. The monoisotopic (exact) mass is 482 g/mol. The summed E-state index contributed by atoms with van der Waals surface area (Å²) in [6.45, 7) is 3.90. The lowest BCUT2D eigenvalue weighted by Gasteiger charge is -2.12. The smallest absolute Gasteiger partial charge is 0.416 e. The predicted octanol–water partition coefficient (Wildman–Crippen LogP) is 6.62. The van der Waals surface area contributed by atoms with Crippen molar-refractivity contribution in [3.8, 4) is 11.5 Å². The van der Waals surface area contributed by atoms with Gasteiger partial charge in [-0.15, -0.1) is 0 Å². The molecule has 5 nitrogen and oxygen atoms in total. The van der Waals surface area contributed by atoms with Crippen LogP contribution < -0.4 is 10.1 Å². The van der Waals surface area contributed by atoms with E-state index in [0.717, 1.165) is 40.8 Å². The maximum Gasteiger partial charge on any atom is 0.416 e. The van der Waals surface area contributed by atoms with E-state index in [1.165, 1.54) is 12.1 Å². The molecule has 0 atom stereocenters. The summed E-state index contributed by atoms with van der Waals surface area (Å²) in [7, 11) is 0. The molecule has 35 heavy (non-hydrogen) atoms. The van der Waals surface area contributed by atoms with Crippen molar-refractivity contribution in [2.45, 2.75) is 20.0 Å². The van der Waals surface area contributed by atoms with Crippen molar-refractivity contribution < 1.29 is 31.9 Å². The van der Waals surface area contributed by atoms with Gasteiger partial charge in [0.2, 0.25) is 0 Å². The van der Waals surface area contributed by atoms with Crippen LogP contribution in [0.3, 0.4) is 0 Å². The van der Waals surface area contributed by atoms with E-state index >= 15 is 0 Å². The molecule has 0 saturated heterocycles. The van der Waals surface area contributed by atoms with Crippen LogP contribution in [0.4, 0.5) is 23.2 Å². The molecule has 1 aromatic heterocycles. The number of halogens is 4. The summed E-state index contributed by atoms with van der Waals surface area (Å²) in [6, 6.07) is 12.6. The van der Waals surface area contributed by atoms with Crippen molar-refractivity contribution in [1.29, 1.82) is 0 Å². The second kappa shape index (κ2) is 9.17. The minimum atomic E-state index is -4.62. The number of benzene rings is 3. The van der Waals surface area contributed by atoms with E-state index in [0.29, 0.717) is 17.3 Å². The number of nitrogens with zero attached hydrogens (tertiary/aromatic N) is 1. The van der Waals surface area contributed by atoms with Crippen molar-refractivity contribution in [2.24, 2.45) is 0 Å². The number of carbonyl (C=O) groups is 2. The number of Topliss-reactive ketones (excluding diaryl/α,β-unsaturated/α-hetero) is 1. The maximum atomic E-state index is 14.7. The minimum Gasteiger partial charge on any atom is -0.456 e. The van der Waals surface area contributed by atoms with Crippen LogP contribution in [-0.2, 0) is 11.0 Å². The number of aryl methyl sites for hydroxylation is 2. The number of carbonyl (C=O) groups excluding carboxylic acids is 2. The third kappa shape index (κ3) is 5.13. The number of alkyl halides is 3. The van der Waals surface area contributed by atoms with Gasteiger partial charge in [0.25, 0.3) is 11.7 Å². The summed E-state index contributed by atoms with van der Waals surface area (Å²) in [5.41, 5.74) is 0.990. The highest BCUT2D eigenvalue weighted by Crippen LogP contribution is 2.32. The van der Waals surface area contributed by atoms with Crippen molar-refractivity contribution in [2.75, 3.05) is 5.32 Å². The molecular formula is C26H18F4N2O3. The first-order valence-electron chi connectivity index (χ1n) is 10.4. The molecule has 3 aromatic carbocycles. The van der Waals surface area contributed by atoms with Crippen LogP contribution in [0.1, 0.15) is 27.0 Å². The van der Waals surface area contributed by atoms with E-state index in [9.17, 15) is 27.2 Å². The highest BCUT2D eigenvalue weighted by Gasteiger charge is 2.31. The highest BCUT2D eigenvalue weighted by molar-refractivity contribution is 6.46. The van der Waals surface area contributed by atoms with Crippen LogP contribution in [0, 0.1) is 19.7 Å². The fourth-order valence-electron chi connectivity index (χ4n) is 3.42. The van der Waals surface area contributed by atoms with Crippen LogP contribution in [0.15, 0.2) is 66.9 Å². The van der Waals surface area contributed by atoms with E-state index in [1.807, 2.05) is 26.0 Å². The Kier molecular flexibility index (Phi) is 6.26. The van der Waals surface area contributed by atoms with Crippen molar-refractivity contribution >= 4 is 28.3 Å². The maximum absolute atomic E-state index is 14.7. The van der Waals surface area contributed by atoms with Gasteiger partial charge < -0.3 is 10.1 Å². The summed E-state index contributed by atoms with van der Waals surface area (Å²) in [6.07, 6.45) is -3.07. The molecule has 0 aliphatic heterocycles. The van der Waals surface area contributed by atoms with Crippen LogP contribution in [0.2, 0.25) is 0 Å². The number of fused-ring (bicyclic) bond motifs is 1. The number of ether oxygens (including phenoxy) is 1. The van der Waals surface area contributed by atoms with Crippen molar-refractivity contribution in [3.05, 3.63) is 94.9 Å². The van der Waals surface area contributed by atoms with Gasteiger partial charge in [0.15, 0.2) is 0 Å². The summed E-state index contributed by atoms with van der Waals surface area (Å²) in [4.78, 5) is 29.0. The number of hydrogen-bond donors (Lipinski definition) is 1. The second-order valence-electron chi connectivity index (χ2n) is 7.87. The Labute approximate surface area is 197 Å². The highest BCUT2D eigenvalue weighted by atomic mass is 19.4. The van der Waals surface area contributed by atoms with Crippen LogP contribution in [0.25, 0.3) is 10.9 Å². The largest absolute Gasteiger partial charge is 0.456 e. The lowest BCUT2D eigenvalue weighted by atomic mass is 10.1. The second-order valence-corrected chi connectivity index (χ2v) is 7.87. The number of pyridine rings is 1. The molecular weight excluding hydrogens is 464 g/mol. The summed E-state index contributed by atoms with van der Waals surface area (Å²) in [5, 5.41) is 2.79. The van der Waals surface area contributed by atoms with E-state index in [-0.39, 0.29) is 11.4 Å². The third-order valence-corrected chi connectivity index (χ3v) is 5.38. The van der Waals surface area contributed by atoms with Crippen LogP contribution in [0.5, 0.6) is 11.5 Å². The predicted molar refractivity (Wildman–Crippen MR) is 122 cm³/mol. The van der Waals surface area contributed by atoms with Gasteiger partial charge >= 0.3 is 6.18 Å². The minimum absolute atomic E-state index is 0.0862. The Bertz CT molecular complexity index is 1470. The van der Waals surface area contributed by atoms with E-state index in [4.69, 9.17) is 4.74 Å². The van der Waals surface area contributed by atoms with Gasteiger partial charge in [0.1, 0.15) is 17.3 Å². The third-order valence-electron chi connectivity index (χ3n) is 5.38. The molecule has 0 bridgehead atoms. The zero-order chi connectivity index (χ0) is 25.3. The van der Waals surface area contributed by atoms with E-state index in [2.05, 4.69) is 10.3 Å². The van der Waals surface area contributed by atoms with Crippen molar-refractivity contribution in [1.82, 2.24) is 4.98 Å². The van der Waals surface area contributed by atoms with Gasteiger partial charge in [-0.25, -0.2) is 4.39 Å². The summed E-state index contributed by atoms with van der Waals surface area (Å²) < 4.78 is 59.1. The molecule has 0 saturated carbocycles. The average molecular weight is 482 g/mol. The lowest BCUT2D eigenvalue weighted by Crippen LogP contribution is -2.24. The number of ketones is 1. The fraction of sp³-hybridized carbons (Fsp3) is 0.115. The molecule has 1 amide bonds. The number of hydrogen-bond acceptors (Lipinski definition) is 4. The number of anilines is 1. The fourth-order valence-corrected chi connectivity index (χ4v) is 3.42. The molecule has 178 valence electrons. The van der Waals surface area contributed by atoms with Gasteiger partial charge in [0, 0.05) is 23.3 Å². The number of aromatic nitrogens is 1. The lowest BCUT2D eigenvalue weighted by molar-refractivity contribution is -0.137. The molecule has 0 aliphatic carbocycles. The van der Waals surface area contributed by atoms with Crippen molar-refractivity contribution in [3.63, 3.8) is 0 Å². The Hall–Kier alpha value is -4.27. The normalized spacial score (nSPS) is 11.4. The number of rotatable bonds is 5. The Balaban J connectivity index is 1.54. The molecule has 0 unspecified atom stereocenters. The van der Waals surface area contributed by atoms with Gasteiger partial charge in [-0.2, -0.15) is 13.2 Å². The molecule has 0 radical (unpaired) electrons. The van der Waals surface area contributed by atoms with Gasteiger partial charge in [-0.05, 0) is 73.5 Å². The first-order chi connectivity index (χ1) is 16.5. The van der Waals surface area contributed by atoms with Gasteiger partial charge in [-0.1, -0.05) is 6.07 Å².